The van der Waals surface area contributed by atoms with Gasteiger partial charge in [0.15, 0.2) is 5.96 Å². The minimum absolute atomic E-state index is 0.0337. The number of guanidine groups is 1. The molecule has 0 bridgehead atoms. The number of fused-ring (bicyclic) bond motifs is 1. The molecule has 1 fully saturated rings. The lowest BCUT2D eigenvalue weighted by molar-refractivity contribution is 0.0137. The molecule has 0 radical (unpaired) electrons. The highest BCUT2D eigenvalue weighted by Crippen LogP contribution is 2.18. The first-order valence-electron chi connectivity index (χ1n) is 7.07. The van der Waals surface area contributed by atoms with Gasteiger partial charge < -0.3 is 19.9 Å². The van der Waals surface area contributed by atoms with Gasteiger partial charge in [0.1, 0.15) is 5.60 Å². The number of rotatable bonds is 2. The molecule has 2 rings (SSSR count). The maximum Gasteiger partial charge on any atom is 0.410 e. The molecule has 6 nitrogen and oxygen atoms in total. The summed E-state index contributed by atoms with van der Waals surface area (Å²) in [6.45, 7) is 7.14. The van der Waals surface area contributed by atoms with Crippen molar-refractivity contribution >= 4 is 12.1 Å². The summed E-state index contributed by atoms with van der Waals surface area (Å²) in [6, 6.07) is 0.0337. The summed E-state index contributed by atoms with van der Waals surface area (Å²) in [4.78, 5) is 19.9. The highest BCUT2D eigenvalue weighted by atomic mass is 19.3. The van der Waals surface area contributed by atoms with Crippen LogP contribution in [0.3, 0.4) is 0 Å². The van der Waals surface area contributed by atoms with E-state index in [4.69, 9.17) is 4.74 Å². The van der Waals surface area contributed by atoms with E-state index in [1.165, 1.54) is 0 Å². The van der Waals surface area contributed by atoms with E-state index in [1.54, 1.807) is 4.90 Å². The van der Waals surface area contributed by atoms with E-state index in [9.17, 15) is 13.6 Å². The van der Waals surface area contributed by atoms with E-state index >= 15 is 0 Å². The minimum atomic E-state index is -2.41. The highest BCUT2D eigenvalue weighted by Gasteiger charge is 2.36. The molecule has 1 saturated heterocycles. The van der Waals surface area contributed by atoms with Gasteiger partial charge in [-0.05, 0) is 20.8 Å². The second kappa shape index (κ2) is 6.03. The van der Waals surface area contributed by atoms with E-state index in [0.29, 0.717) is 32.1 Å². The third-order valence-corrected chi connectivity index (χ3v) is 3.27. The Bertz CT molecular complexity index is 423. The molecule has 1 N–H and O–H groups in total. The average Bonchev–Trinajstić information content (AvgIpc) is 2.76. The molecule has 0 saturated carbocycles. The standard InChI is InChI=1S/C13H22F2N4O2/c1-13(2,3)21-12(20)18-4-5-19-9(8-18)6-16-11(19)17-7-10(14)15/h9-10H,4-8H2,1-3H3,(H,16,17)/t9-/m1/s1. The number of carbonyl (C=O) groups excluding carboxylic acids is 1. The Balaban J connectivity index is 1.86. The predicted octanol–water partition coefficient (Wildman–Crippen LogP) is 1.13. The van der Waals surface area contributed by atoms with Gasteiger partial charge in [-0.3, -0.25) is 4.99 Å². The Labute approximate surface area is 123 Å². The van der Waals surface area contributed by atoms with Gasteiger partial charge in [0, 0.05) is 19.6 Å². The first-order valence-corrected chi connectivity index (χ1v) is 7.07. The monoisotopic (exact) mass is 304 g/mol. The van der Waals surface area contributed by atoms with Crippen molar-refractivity contribution in [2.45, 2.75) is 38.8 Å². The van der Waals surface area contributed by atoms with Gasteiger partial charge in [0.25, 0.3) is 6.43 Å². The second-order valence-electron chi connectivity index (χ2n) is 6.21. The zero-order valence-electron chi connectivity index (χ0n) is 12.6. The van der Waals surface area contributed by atoms with Crippen LogP contribution < -0.4 is 5.32 Å². The smallest absolute Gasteiger partial charge is 0.410 e. The summed E-state index contributed by atoms with van der Waals surface area (Å²) in [6.07, 6.45) is -2.74. The Kier molecular flexibility index (Phi) is 4.53. The van der Waals surface area contributed by atoms with Crippen LogP contribution in [0.15, 0.2) is 4.99 Å². The molecule has 0 aliphatic carbocycles. The van der Waals surface area contributed by atoms with Crippen LogP contribution in [0.2, 0.25) is 0 Å². The van der Waals surface area contributed by atoms with Crippen LogP contribution >= 0.6 is 0 Å². The Morgan fingerprint density at radius 2 is 2.19 bits per heavy atom. The van der Waals surface area contributed by atoms with Crippen molar-refractivity contribution in [2.75, 3.05) is 32.7 Å². The maximum absolute atomic E-state index is 12.2. The van der Waals surface area contributed by atoms with Crippen molar-refractivity contribution in [1.82, 2.24) is 15.1 Å². The number of ether oxygens (including phenoxy) is 1. The van der Waals surface area contributed by atoms with Gasteiger partial charge in [-0.25, -0.2) is 13.6 Å². The molecule has 1 atom stereocenters. The van der Waals surface area contributed by atoms with Crippen molar-refractivity contribution in [3.63, 3.8) is 0 Å². The predicted molar refractivity (Wildman–Crippen MR) is 74.6 cm³/mol. The summed E-state index contributed by atoms with van der Waals surface area (Å²) in [5.74, 6) is 0.504. The number of aliphatic imine (C=N–C) groups is 1. The highest BCUT2D eigenvalue weighted by molar-refractivity contribution is 5.82. The lowest BCUT2D eigenvalue weighted by atomic mass is 10.2. The van der Waals surface area contributed by atoms with Crippen molar-refractivity contribution in [3.8, 4) is 0 Å². The summed E-state index contributed by atoms with van der Waals surface area (Å²) in [7, 11) is 0. The molecule has 21 heavy (non-hydrogen) atoms. The van der Waals surface area contributed by atoms with Crippen LogP contribution in [0.25, 0.3) is 0 Å². The van der Waals surface area contributed by atoms with E-state index in [1.807, 2.05) is 25.7 Å². The first kappa shape index (κ1) is 15.8. The number of hydrogen-bond donors (Lipinski definition) is 1. The van der Waals surface area contributed by atoms with Crippen molar-refractivity contribution < 1.29 is 18.3 Å². The van der Waals surface area contributed by atoms with E-state index < -0.39 is 18.6 Å². The zero-order chi connectivity index (χ0) is 15.6. The number of alkyl halides is 2. The van der Waals surface area contributed by atoms with Crippen LogP contribution in [0.1, 0.15) is 20.8 Å². The normalized spacial score (nSPS) is 22.2. The van der Waals surface area contributed by atoms with Gasteiger partial charge in [-0.2, -0.15) is 0 Å². The molecule has 2 heterocycles. The summed E-state index contributed by atoms with van der Waals surface area (Å²) in [5.41, 5.74) is -0.523. The molecule has 8 heteroatoms. The fourth-order valence-corrected chi connectivity index (χ4v) is 2.39. The number of nitrogens with zero attached hydrogens (tertiary/aromatic N) is 3. The van der Waals surface area contributed by atoms with Gasteiger partial charge in [0.2, 0.25) is 0 Å². The van der Waals surface area contributed by atoms with E-state index in [-0.39, 0.29) is 12.1 Å². The topological polar surface area (TPSA) is 57.2 Å². The number of amides is 1. The summed E-state index contributed by atoms with van der Waals surface area (Å²) < 4.78 is 29.8. The van der Waals surface area contributed by atoms with Crippen LogP contribution in [0, 0.1) is 0 Å². The molecule has 0 aromatic carbocycles. The summed E-state index contributed by atoms with van der Waals surface area (Å²) in [5, 5.41) is 2.65. The summed E-state index contributed by atoms with van der Waals surface area (Å²) >= 11 is 0. The molecular formula is C13H22F2N4O2. The Morgan fingerprint density at radius 3 is 2.81 bits per heavy atom. The molecule has 120 valence electrons. The minimum Gasteiger partial charge on any atom is -0.444 e. The zero-order valence-corrected chi connectivity index (χ0v) is 12.6. The quantitative estimate of drug-likeness (QED) is 0.831. The fourth-order valence-electron chi connectivity index (χ4n) is 2.39. The lowest BCUT2D eigenvalue weighted by Crippen LogP contribution is -2.57. The first-order chi connectivity index (χ1) is 9.76. The molecule has 2 aliphatic rings. The van der Waals surface area contributed by atoms with E-state index in [0.717, 1.165) is 0 Å². The van der Waals surface area contributed by atoms with Gasteiger partial charge in [0.05, 0.1) is 19.1 Å². The molecule has 0 unspecified atom stereocenters. The van der Waals surface area contributed by atoms with Gasteiger partial charge in [-0.15, -0.1) is 0 Å². The molecular weight excluding hydrogens is 282 g/mol. The van der Waals surface area contributed by atoms with Gasteiger partial charge >= 0.3 is 6.09 Å². The van der Waals surface area contributed by atoms with Crippen molar-refractivity contribution in [1.29, 1.82) is 0 Å². The Hall–Kier alpha value is -1.60. The van der Waals surface area contributed by atoms with Crippen LogP contribution in [-0.4, -0.2) is 72.6 Å². The third-order valence-electron chi connectivity index (χ3n) is 3.27. The SMILES string of the molecule is CC(C)(C)OC(=O)N1CCN2C(NCC(F)F)=NC[C@@H]2C1. The van der Waals surface area contributed by atoms with Crippen LogP contribution in [-0.2, 0) is 4.74 Å². The molecule has 2 aliphatic heterocycles. The number of nitrogens with one attached hydrogen (secondary N) is 1. The van der Waals surface area contributed by atoms with Crippen molar-refractivity contribution in [3.05, 3.63) is 0 Å². The number of carbonyl (C=O) groups is 1. The third kappa shape index (κ3) is 4.18. The Morgan fingerprint density at radius 1 is 1.48 bits per heavy atom. The number of piperazine rings is 1. The molecule has 0 spiro atoms. The van der Waals surface area contributed by atoms with Crippen LogP contribution in [0.5, 0.6) is 0 Å². The maximum atomic E-state index is 12.2. The van der Waals surface area contributed by atoms with Crippen molar-refractivity contribution in [2.24, 2.45) is 4.99 Å². The van der Waals surface area contributed by atoms with Gasteiger partial charge in [-0.1, -0.05) is 0 Å². The average molecular weight is 304 g/mol. The number of hydrogen-bond acceptors (Lipinski definition) is 5. The molecule has 0 aromatic rings. The molecule has 0 aromatic heterocycles. The lowest BCUT2D eigenvalue weighted by Gasteiger charge is -2.39. The van der Waals surface area contributed by atoms with E-state index in [2.05, 4.69) is 10.3 Å². The number of halogens is 2. The largest absolute Gasteiger partial charge is 0.444 e. The fraction of sp³-hybridized carbons (Fsp3) is 0.846. The van der Waals surface area contributed by atoms with Crippen LogP contribution in [0.4, 0.5) is 13.6 Å². The molecule has 1 amide bonds. The second-order valence-corrected chi connectivity index (χ2v) is 6.21.